The lowest BCUT2D eigenvalue weighted by Gasteiger charge is -2.32. The third-order valence-corrected chi connectivity index (χ3v) is 12.0. The second-order valence-electron chi connectivity index (χ2n) is 13.1. The van der Waals surface area contributed by atoms with Crippen LogP contribution in [0.1, 0.15) is 40.5 Å². The Morgan fingerprint density at radius 2 is 1.92 bits per heavy atom. The first-order valence-corrected chi connectivity index (χ1v) is 19.1. The van der Waals surface area contributed by atoms with Crippen molar-refractivity contribution in [2.75, 3.05) is 29.7 Å². The molecule has 2 amide bonds. The van der Waals surface area contributed by atoms with Crippen molar-refractivity contribution >= 4 is 37.2 Å². The van der Waals surface area contributed by atoms with Gasteiger partial charge in [-0.3, -0.25) is 14.3 Å². The SMILES string of the molecule is COc1ccc2c(c1)[C@]1(O[C@@H](CCn3cc(CCO)nn3)[C@H]([Si](C)(C)O)[C@H]1C)C(=O)N2Cc1cccc(NC(=O)c2ccc(N)cc2)c1. The minimum Gasteiger partial charge on any atom is -0.497 e. The third-order valence-electron chi connectivity index (χ3n) is 9.49. The molecule has 13 heteroatoms. The van der Waals surface area contributed by atoms with Crippen molar-refractivity contribution in [2.45, 2.75) is 63.2 Å². The van der Waals surface area contributed by atoms with Gasteiger partial charge in [-0.05, 0) is 79.7 Å². The number of hydrogen-bond donors (Lipinski definition) is 4. The molecule has 0 aliphatic carbocycles. The number of benzene rings is 3. The Labute approximate surface area is 280 Å². The van der Waals surface area contributed by atoms with E-state index < -0.39 is 20.0 Å². The molecule has 1 aromatic heterocycles. The number of nitrogens with zero attached hydrogens (tertiary/aromatic N) is 4. The summed E-state index contributed by atoms with van der Waals surface area (Å²) in [4.78, 5) is 41.1. The van der Waals surface area contributed by atoms with Gasteiger partial charge in [-0.15, -0.1) is 5.10 Å². The number of carbonyl (C=O) groups is 2. The van der Waals surface area contributed by atoms with E-state index in [1.54, 1.807) is 53.2 Å². The van der Waals surface area contributed by atoms with Crippen LogP contribution in [0.15, 0.2) is 72.9 Å². The lowest BCUT2D eigenvalue weighted by atomic mass is 9.82. The Bertz CT molecular complexity index is 1810. The first-order chi connectivity index (χ1) is 22.9. The maximum absolute atomic E-state index is 14.8. The normalized spacial score (nSPS) is 21.9. The fourth-order valence-electron chi connectivity index (χ4n) is 7.31. The number of amides is 2. The van der Waals surface area contributed by atoms with Crippen LogP contribution in [0.25, 0.3) is 0 Å². The van der Waals surface area contributed by atoms with Gasteiger partial charge in [0.15, 0.2) is 13.9 Å². The highest BCUT2D eigenvalue weighted by Crippen LogP contribution is 2.60. The maximum Gasteiger partial charge on any atom is 0.264 e. The highest BCUT2D eigenvalue weighted by atomic mass is 28.4. The molecule has 4 atom stereocenters. The van der Waals surface area contributed by atoms with Gasteiger partial charge in [0.05, 0.1) is 31.1 Å². The summed E-state index contributed by atoms with van der Waals surface area (Å²) in [6.07, 6.45) is 2.31. The quantitative estimate of drug-likeness (QED) is 0.136. The zero-order valence-electron chi connectivity index (χ0n) is 27.6. The third kappa shape index (κ3) is 6.21. The summed E-state index contributed by atoms with van der Waals surface area (Å²) in [5.74, 6) is -0.210. The summed E-state index contributed by atoms with van der Waals surface area (Å²) >= 11 is 0. The number of ether oxygens (including phenoxy) is 2. The number of aryl methyl sites for hydroxylation is 1. The second-order valence-corrected chi connectivity index (χ2v) is 17.1. The van der Waals surface area contributed by atoms with E-state index in [1.165, 1.54) is 0 Å². The molecule has 3 aromatic carbocycles. The maximum atomic E-state index is 14.8. The zero-order valence-corrected chi connectivity index (χ0v) is 28.6. The predicted molar refractivity (Wildman–Crippen MR) is 184 cm³/mol. The van der Waals surface area contributed by atoms with E-state index >= 15 is 0 Å². The van der Waals surface area contributed by atoms with Crippen LogP contribution in [0.3, 0.4) is 0 Å². The molecule has 1 spiro atoms. The molecule has 4 aromatic rings. The van der Waals surface area contributed by atoms with E-state index in [1.807, 2.05) is 56.4 Å². The lowest BCUT2D eigenvalue weighted by molar-refractivity contribution is -0.146. The largest absolute Gasteiger partial charge is 0.497 e. The smallest absolute Gasteiger partial charge is 0.264 e. The van der Waals surface area contributed by atoms with Crippen molar-refractivity contribution in [1.29, 1.82) is 0 Å². The van der Waals surface area contributed by atoms with Gasteiger partial charge in [0.1, 0.15) is 5.75 Å². The molecule has 3 heterocycles. The van der Waals surface area contributed by atoms with Crippen LogP contribution in [-0.2, 0) is 34.6 Å². The summed E-state index contributed by atoms with van der Waals surface area (Å²) < 4.78 is 14.3. The molecule has 1 fully saturated rings. The van der Waals surface area contributed by atoms with Crippen LogP contribution >= 0.6 is 0 Å². The van der Waals surface area contributed by atoms with Crippen LogP contribution in [-0.4, -0.2) is 64.8 Å². The lowest BCUT2D eigenvalue weighted by Crippen LogP contribution is -2.46. The molecule has 0 radical (unpaired) electrons. The molecule has 48 heavy (non-hydrogen) atoms. The van der Waals surface area contributed by atoms with Crippen molar-refractivity contribution in [3.05, 3.63) is 95.3 Å². The Morgan fingerprint density at radius 1 is 1.15 bits per heavy atom. The molecule has 0 bridgehead atoms. The second kappa shape index (κ2) is 13.2. The number of anilines is 3. The van der Waals surface area contributed by atoms with E-state index in [2.05, 4.69) is 15.6 Å². The highest BCUT2D eigenvalue weighted by molar-refractivity contribution is 6.71. The van der Waals surface area contributed by atoms with Crippen LogP contribution in [0.4, 0.5) is 17.1 Å². The molecule has 252 valence electrons. The van der Waals surface area contributed by atoms with Gasteiger partial charge < -0.3 is 35.3 Å². The van der Waals surface area contributed by atoms with E-state index in [4.69, 9.17) is 15.2 Å². The zero-order chi connectivity index (χ0) is 34.2. The molecule has 0 unspecified atom stereocenters. The van der Waals surface area contributed by atoms with Crippen molar-refractivity contribution in [3.8, 4) is 5.75 Å². The number of carbonyl (C=O) groups excluding carboxylic acids is 2. The first-order valence-electron chi connectivity index (χ1n) is 16.1. The minimum absolute atomic E-state index is 0.0130. The van der Waals surface area contributed by atoms with E-state index in [0.717, 1.165) is 5.56 Å². The van der Waals surface area contributed by atoms with Gasteiger partial charge >= 0.3 is 0 Å². The summed E-state index contributed by atoms with van der Waals surface area (Å²) in [7, 11) is -1.28. The molecule has 12 nitrogen and oxygen atoms in total. The number of hydrogen-bond acceptors (Lipinski definition) is 9. The summed E-state index contributed by atoms with van der Waals surface area (Å²) in [5, 5.41) is 20.5. The van der Waals surface area contributed by atoms with E-state index in [0.29, 0.717) is 59.0 Å². The van der Waals surface area contributed by atoms with Crippen molar-refractivity contribution < 1.29 is 29.0 Å². The number of nitrogen functional groups attached to an aromatic ring is 1. The average Bonchev–Trinajstić information content (AvgIpc) is 3.70. The predicted octanol–water partition coefficient (Wildman–Crippen LogP) is 4.09. The van der Waals surface area contributed by atoms with Crippen LogP contribution < -0.4 is 20.7 Å². The average molecular weight is 671 g/mol. The fraction of sp³-hybridized carbons (Fsp3) is 0.371. The summed E-state index contributed by atoms with van der Waals surface area (Å²) in [6.45, 7) is 6.50. The number of aliphatic hydroxyl groups excluding tert-OH is 1. The molecule has 2 aliphatic rings. The van der Waals surface area contributed by atoms with Gasteiger partial charge in [-0.2, -0.15) is 0 Å². The number of rotatable bonds is 11. The fourth-order valence-corrected chi connectivity index (χ4v) is 9.92. The van der Waals surface area contributed by atoms with Crippen LogP contribution in [0.2, 0.25) is 18.6 Å². The number of aliphatic hydroxyl groups is 1. The highest BCUT2D eigenvalue weighted by Gasteiger charge is 2.66. The molecule has 2 aliphatic heterocycles. The molecule has 0 saturated carbocycles. The number of nitrogens with one attached hydrogen (secondary N) is 1. The van der Waals surface area contributed by atoms with Crippen LogP contribution in [0, 0.1) is 5.92 Å². The summed E-state index contributed by atoms with van der Waals surface area (Å²) in [5.41, 5.74) is 8.77. The Kier molecular flexibility index (Phi) is 9.13. The van der Waals surface area contributed by atoms with Crippen molar-refractivity contribution in [1.82, 2.24) is 15.0 Å². The number of nitrogens with two attached hydrogens (primary N) is 1. The molecule has 1 saturated heterocycles. The van der Waals surface area contributed by atoms with Crippen molar-refractivity contribution in [2.24, 2.45) is 5.92 Å². The van der Waals surface area contributed by atoms with Gasteiger partial charge in [-0.1, -0.05) is 24.3 Å². The topological polar surface area (TPSA) is 165 Å². The van der Waals surface area contributed by atoms with Crippen LogP contribution in [0.5, 0.6) is 5.75 Å². The molecule has 6 rings (SSSR count). The van der Waals surface area contributed by atoms with Gasteiger partial charge in [0.2, 0.25) is 0 Å². The number of aromatic nitrogens is 3. The van der Waals surface area contributed by atoms with Gasteiger partial charge in [0, 0.05) is 59.7 Å². The minimum atomic E-state index is -2.87. The Morgan fingerprint density at radius 3 is 2.62 bits per heavy atom. The van der Waals surface area contributed by atoms with E-state index in [9.17, 15) is 19.5 Å². The number of methoxy groups -OCH3 is 1. The first kappa shape index (κ1) is 33.3. The monoisotopic (exact) mass is 670 g/mol. The van der Waals surface area contributed by atoms with Gasteiger partial charge in [-0.25, -0.2) is 0 Å². The summed E-state index contributed by atoms with van der Waals surface area (Å²) in [6, 6.07) is 19.7. The Hall–Kier alpha value is -4.56. The molecular weight excluding hydrogens is 629 g/mol. The van der Waals surface area contributed by atoms with E-state index in [-0.39, 0.29) is 36.4 Å². The van der Waals surface area contributed by atoms with Gasteiger partial charge in [0.25, 0.3) is 11.8 Å². The standard InChI is InChI=1S/C35H42N6O6Si/c1-22-32(48(3,4)45)31(14-16-40-21-27(15-17-42)38-39-40)47-35(22)29-19-28(46-2)12-13-30(29)41(34(35)44)20-23-6-5-7-26(18-23)37-33(43)24-8-10-25(36)11-9-24/h5-13,18-19,21-22,31-32,42,45H,14-17,20,36H2,1-4H3,(H,37,43)/t22-,31+,32-,35+/m1/s1. The van der Waals surface area contributed by atoms with Crippen molar-refractivity contribution in [3.63, 3.8) is 0 Å². The molecular formula is C35H42N6O6Si. The molecule has 5 N–H and O–H groups in total. The Balaban J connectivity index is 1.30. The number of fused-ring (bicyclic) bond motifs is 2.